The Morgan fingerprint density at radius 2 is 1.52 bits per heavy atom. The van der Waals surface area contributed by atoms with Crippen molar-refractivity contribution in [3.63, 3.8) is 0 Å². The van der Waals surface area contributed by atoms with Crippen LogP contribution in [-0.4, -0.2) is 65.8 Å². The van der Waals surface area contributed by atoms with Crippen LogP contribution >= 0.6 is 0 Å². The Hall–Kier alpha value is -3.08. The van der Waals surface area contributed by atoms with E-state index in [-0.39, 0.29) is 67.3 Å². The lowest BCUT2D eigenvalue weighted by Gasteiger charge is -2.43. The first-order valence-electron chi connectivity index (χ1n) is 14.2. The van der Waals surface area contributed by atoms with Crippen LogP contribution in [-0.2, 0) is 46.0 Å². The van der Waals surface area contributed by atoms with Gasteiger partial charge in [0.25, 0.3) is 5.91 Å². The summed E-state index contributed by atoms with van der Waals surface area (Å²) < 4.78 is 154. The molecule has 2 fully saturated rings. The van der Waals surface area contributed by atoms with E-state index >= 15 is 4.39 Å². The van der Waals surface area contributed by atoms with Crippen LogP contribution in [0.25, 0.3) is 0 Å². The number of halogens is 8. The Kier molecular flexibility index (Phi) is 8.39. The summed E-state index contributed by atoms with van der Waals surface area (Å²) in [4.78, 5) is 26.2. The van der Waals surface area contributed by atoms with Crippen LogP contribution in [0.2, 0.25) is 0 Å². The van der Waals surface area contributed by atoms with Crippen molar-refractivity contribution in [2.24, 2.45) is 10.3 Å². The van der Waals surface area contributed by atoms with E-state index in [1.807, 2.05) is 0 Å². The third kappa shape index (κ3) is 5.30. The van der Waals surface area contributed by atoms with Crippen LogP contribution in [0, 0.1) is 11.7 Å². The molecule has 0 radical (unpaired) electrons. The van der Waals surface area contributed by atoms with Gasteiger partial charge in [-0.25, -0.2) is 21.4 Å². The zero-order valence-electron chi connectivity index (χ0n) is 24.1. The molecule has 0 aromatic heterocycles. The number of likely N-dealkylation sites (tertiary alicyclic amines) is 1. The van der Waals surface area contributed by atoms with Crippen LogP contribution in [0.1, 0.15) is 49.3 Å². The number of alkyl halides is 7. The normalized spacial score (nSPS) is 27.1. The number of hydrogen-bond acceptors (Lipinski definition) is 5. The quantitative estimate of drug-likeness (QED) is 0.299. The molecule has 7 nitrogen and oxygen atoms in total. The van der Waals surface area contributed by atoms with Gasteiger partial charge in [-0.15, -0.1) is 0 Å². The molecule has 0 unspecified atom stereocenters. The fraction of sp³-hybridized carbons (Fsp3) is 0.517. The minimum Gasteiger partial charge on any atom is -0.337 e. The molecule has 1 aliphatic carbocycles. The SMILES string of the molecule is CC(=O)N=S1(=O)CCC(C(=O)N2CC[C@@]3(S(=O)(=O)c4ccc(F)cc4)c4ccc(C(F)(C(F)(F)F)C(F)(F)F)cc4CC[C@@H]23)CC1. The predicted octanol–water partition coefficient (Wildman–Crippen LogP) is 5.76. The molecule has 46 heavy (non-hydrogen) atoms. The van der Waals surface area contributed by atoms with Crippen LogP contribution < -0.4 is 0 Å². The second-order valence-electron chi connectivity index (χ2n) is 11.8. The molecule has 0 bridgehead atoms. The van der Waals surface area contributed by atoms with Gasteiger partial charge in [0.05, 0.1) is 20.7 Å². The number of aryl methyl sites for hydroxylation is 1. The topological polar surface area (TPSA) is 101 Å². The largest absolute Gasteiger partial charge is 0.435 e. The zero-order chi connectivity index (χ0) is 34.1. The smallest absolute Gasteiger partial charge is 0.337 e. The molecule has 17 heteroatoms. The molecule has 2 heterocycles. The van der Waals surface area contributed by atoms with Crippen molar-refractivity contribution in [1.82, 2.24) is 4.90 Å². The Bertz CT molecular complexity index is 1770. The summed E-state index contributed by atoms with van der Waals surface area (Å²) in [6.07, 6.45) is -13.4. The molecule has 5 rings (SSSR count). The first kappa shape index (κ1) is 34.3. The average Bonchev–Trinajstić information content (AvgIpc) is 3.37. The number of benzene rings is 2. The number of rotatable bonds is 4. The Morgan fingerprint density at radius 1 is 0.935 bits per heavy atom. The molecule has 2 saturated heterocycles. The van der Waals surface area contributed by atoms with Gasteiger partial charge < -0.3 is 4.90 Å². The van der Waals surface area contributed by atoms with Crippen LogP contribution in [0.5, 0.6) is 0 Å². The number of amides is 2. The Morgan fingerprint density at radius 3 is 2.07 bits per heavy atom. The molecule has 2 amide bonds. The summed E-state index contributed by atoms with van der Waals surface area (Å²) in [5.74, 6) is -2.68. The highest BCUT2D eigenvalue weighted by molar-refractivity contribution is 7.94. The van der Waals surface area contributed by atoms with Crippen LogP contribution in [0.3, 0.4) is 0 Å². The molecule has 2 aromatic rings. The maximum Gasteiger partial charge on any atom is 0.435 e. The van der Waals surface area contributed by atoms with Gasteiger partial charge in [-0.1, -0.05) is 18.2 Å². The minimum absolute atomic E-state index is 0.0461. The Labute approximate surface area is 259 Å². The van der Waals surface area contributed by atoms with Crippen molar-refractivity contribution in [3.8, 4) is 0 Å². The zero-order valence-corrected chi connectivity index (χ0v) is 25.8. The summed E-state index contributed by atoms with van der Waals surface area (Å²) in [7, 11) is -7.49. The second-order valence-corrected chi connectivity index (χ2v) is 16.5. The third-order valence-electron chi connectivity index (χ3n) is 9.17. The van der Waals surface area contributed by atoms with Gasteiger partial charge in [0.2, 0.25) is 5.91 Å². The molecule has 0 saturated carbocycles. The van der Waals surface area contributed by atoms with Crippen molar-refractivity contribution in [2.75, 3.05) is 18.1 Å². The first-order valence-corrected chi connectivity index (χ1v) is 17.5. The minimum atomic E-state index is -6.38. The van der Waals surface area contributed by atoms with Crippen molar-refractivity contribution in [1.29, 1.82) is 0 Å². The fourth-order valence-electron chi connectivity index (χ4n) is 7.02. The number of hydrogen-bond donors (Lipinski definition) is 0. The van der Waals surface area contributed by atoms with Gasteiger partial charge in [0.15, 0.2) is 9.84 Å². The number of carbonyl (C=O) groups excluding carboxylic acids is 2. The molecular formula is C29H28F8N2O5S2. The number of fused-ring (bicyclic) bond motifs is 3. The monoisotopic (exact) mass is 700 g/mol. The lowest BCUT2D eigenvalue weighted by atomic mass is 9.76. The van der Waals surface area contributed by atoms with E-state index in [1.165, 1.54) is 4.90 Å². The van der Waals surface area contributed by atoms with Gasteiger partial charge in [0, 0.05) is 36.5 Å². The standard InChI is InChI=1S/C29H28F8N2O5S2/c1-17(40)38-45(42)14-10-18(11-15-45)25(41)39-13-12-26(46(43,44)22-6-4-21(30)5-7-22)23-8-3-20(16-19(23)2-9-24(26)39)27(31,28(32,33)34)29(35,36)37/h3-8,16,18,24H,2,9-15H2,1H3/t18?,24-,26-,45?/m1/s1. The van der Waals surface area contributed by atoms with Crippen molar-refractivity contribution in [3.05, 3.63) is 65.0 Å². The number of carbonyl (C=O) groups is 2. The van der Waals surface area contributed by atoms with Gasteiger partial charge in [0.1, 0.15) is 10.6 Å². The average molecular weight is 701 g/mol. The summed E-state index contributed by atoms with van der Waals surface area (Å²) in [5.41, 5.74) is -7.92. The van der Waals surface area contributed by atoms with Crippen molar-refractivity contribution < 1.29 is 57.3 Å². The highest BCUT2D eigenvalue weighted by Gasteiger charge is 2.74. The number of nitrogens with zero attached hydrogens (tertiary/aromatic N) is 2. The van der Waals surface area contributed by atoms with Crippen molar-refractivity contribution in [2.45, 2.75) is 72.7 Å². The summed E-state index contributed by atoms with van der Waals surface area (Å²) in [6.45, 7) is 0.992. The van der Waals surface area contributed by atoms with E-state index in [4.69, 9.17) is 0 Å². The first-order chi connectivity index (χ1) is 21.2. The lowest BCUT2D eigenvalue weighted by molar-refractivity contribution is -0.348. The molecule has 0 N–H and O–H groups in total. The fourth-order valence-corrected chi connectivity index (χ4v) is 11.6. The van der Waals surface area contributed by atoms with E-state index in [9.17, 15) is 52.9 Å². The number of sulfone groups is 1. The highest BCUT2D eigenvalue weighted by Crippen LogP contribution is 2.57. The predicted molar refractivity (Wildman–Crippen MR) is 149 cm³/mol. The molecular weight excluding hydrogens is 672 g/mol. The van der Waals surface area contributed by atoms with E-state index in [0.29, 0.717) is 6.07 Å². The van der Waals surface area contributed by atoms with Crippen LogP contribution in [0.4, 0.5) is 35.1 Å². The van der Waals surface area contributed by atoms with E-state index in [0.717, 1.165) is 37.3 Å². The molecule has 0 spiro atoms. The lowest BCUT2D eigenvalue weighted by Crippen LogP contribution is -2.54. The van der Waals surface area contributed by atoms with E-state index in [2.05, 4.69) is 4.36 Å². The molecule has 2 atom stereocenters. The Balaban J connectivity index is 1.61. The maximum atomic E-state index is 15.0. The molecule has 3 aliphatic rings. The third-order valence-corrected chi connectivity index (χ3v) is 14.1. The highest BCUT2D eigenvalue weighted by atomic mass is 32.2. The van der Waals surface area contributed by atoms with Gasteiger partial charge in [-0.05, 0) is 67.5 Å². The summed E-state index contributed by atoms with van der Waals surface area (Å²) >= 11 is 0. The maximum absolute atomic E-state index is 15.0. The molecule has 2 aromatic carbocycles. The van der Waals surface area contributed by atoms with E-state index in [1.54, 1.807) is 0 Å². The van der Waals surface area contributed by atoms with Crippen molar-refractivity contribution >= 4 is 31.4 Å². The molecule has 252 valence electrons. The summed E-state index contributed by atoms with van der Waals surface area (Å²) in [5, 5.41) is 0. The molecule has 2 aliphatic heterocycles. The summed E-state index contributed by atoms with van der Waals surface area (Å²) in [6, 6.07) is 3.95. The van der Waals surface area contributed by atoms with Gasteiger partial charge in [-0.2, -0.15) is 30.7 Å². The van der Waals surface area contributed by atoms with Gasteiger partial charge in [-0.3, -0.25) is 9.59 Å². The second kappa shape index (κ2) is 11.3. The van der Waals surface area contributed by atoms with E-state index < -0.39 is 82.4 Å². The van der Waals surface area contributed by atoms with Gasteiger partial charge >= 0.3 is 18.0 Å². The van der Waals surface area contributed by atoms with Crippen LogP contribution in [0.15, 0.2) is 51.7 Å².